The summed E-state index contributed by atoms with van der Waals surface area (Å²) in [6, 6.07) is 0. The topological polar surface area (TPSA) is 175 Å². The lowest BCUT2D eigenvalue weighted by molar-refractivity contribution is -0.301. The van der Waals surface area contributed by atoms with Gasteiger partial charge in [-0.2, -0.15) is 0 Å². The third kappa shape index (κ3) is 41.4. The molecule has 1 fully saturated rings. The van der Waals surface area contributed by atoms with Crippen LogP contribution in [0.15, 0.2) is 146 Å². The third-order valence-electron chi connectivity index (χ3n) is 11.9. The van der Waals surface area contributed by atoms with Crippen molar-refractivity contribution in [3.05, 3.63) is 146 Å². The van der Waals surface area contributed by atoms with Gasteiger partial charge in [-0.1, -0.05) is 186 Å². The zero-order chi connectivity index (χ0) is 56.1. The van der Waals surface area contributed by atoms with E-state index in [0.717, 1.165) is 122 Å². The number of ether oxygens (including phenoxy) is 5. The maximum Gasteiger partial charge on any atom is 0.335 e. The summed E-state index contributed by atoms with van der Waals surface area (Å²) >= 11 is 0. The minimum absolute atomic E-state index is 0.0327. The number of carbonyl (C=O) groups excluding carboxylic acids is 3. The maximum absolute atomic E-state index is 13.1. The molecule has 0 amide bonds. The average Bonchev–Trinajstić information content (AvgIpc) is 3.42. The molecule has 1 rings (SSSR count). The van der Waals surface area contributed by atoms with Crippen LogP contribution in [-0.4, -0.2) is 89.2 Å². The highest BCUT2D eigenvalue weighted by molar-refractivity contribution is 5.74. The lowest BCUT2D eigenvalue weighted by Gasteiger charge is -2.40. The molecule has 77 heavy (non-hydrogen) atoms. The van der Waals surface area contributed by atoms with Gasteiger partial charge in [0.25, 0.3) is 0 Å². The van der Waals surface area contributed by atoms with Gasteiger partial charge in [-0.15, -0.1) is 0 Å². The van der Waals surface area contributed by atoms with Crippen LogP contribution in [0.5, 0.6) is 0 Å². The largest absolute Gasteiger partial charge is 0.479 e. The van der Waals surface area contributed by atoms with Crippen LogP contribution in [0.1, 0.15) is 188 Å². The lowest BCUT2D eigenvalue weighted by atomic mass is 9.98. The van der Waals surface area contributed by atoms with E-state index in [-0.39, 0.29) is 25.9 Å². The number of aliphatic carboxylic acids is 1. The second-order valence-electron chi connectivity index (χ2n) is 18.8. The van der Waals surface area contributed by atoms with Crippen LogP contribution < -0.4 is 0 Å². The van der Waals surface area contributed by atoms with E-state index >= 15 is 0 Å². The van der Waals surface area contributed by atoms with E-state index in [1.165, 1.54) is 0 Å². The molecular formula is C65H98O12. The lowest BCUT2D eigenvalue weighted by Crippen LogP contribution is -2.61. The Morgan fingerprint density at radius 2 is 0.792 bits per heavy atom. The zero-order valence-corrected chi connectivity index (χ0v) is 47.1. The second-order valence-corrected chi connectivity index (χ2v) is 18.8. The normalized spacial score (nSPS) is 19.1. The Bertz CT molecular complexity index is 1890. The molecule has 0 saturated carbocycles. The second kappa shape index (κ2) is 51.4. The number of carboxylic acid groups (broad SMARTS) is 1. The number of unbranched alkanes of at least 4 members (excludes halogenated alkanes) is 8. The van der Waals surface area contributed by atoms with E-state index in [4.69, 9.17) is 23.7 Å². The van der Waals surface area contributed by atoms with E-state index in [1.807, 2.05) is 12.2 Å². The Labute approximate surface area is 463 Å². The van der Waals surface area contributed by atoms with Crippen LogP contribution in [-0.2, 0) is 42.9 Å². The van der Waals surface area contributed by atoms with Gasteiger partial charge in [0.2, 0.25) is 0 Å². The number of carbonyl (C=O) groups is 4. The molecule has 1 aliphatic rings. The molecule has 0 aromatic rings. The predicted octanol–water partition coefficient (Wildman–Crippen LogP) is 14.8. The van der Waals surface area contributed by atoms with Crippen LogP contribution in [0.25, 0.3) is 0 Å². The molecule has 6 atom stereocenters. The fraction of sp³-hybridized carbons (Fsp3) is 0.569. The van der Waals surface area contributed by atoms with E-state index in [2.05, 4.69) is 154 Å². The van der Waals surface area contributed by atoms with Gasteiger partial charge in [-0.05, 0) is 128 Å². The van der Waals surface area contributed by atoms with Gasteiger partial charge in [0.15, 0.2) is 24.6 Å². The Kier molecular flexibility index (Phi) is 46.4. The van der Waals surface area contributed by atoms with Crippen molar-refractivity contribution in [2.75, 3.05) is 13.2 Å². The fourth-order valence-corrected chi connectivity index (χ4v) is 7.58. The Morgan fingerprint density at radius 1 is 0.429 bits per heavy atom. The summed E-state index contributed by atoms with van der Waals surface area (Å²) in [4.78, 5) is 51.1. The molecule has 12 heteroatoms. The van der Waals surface area contributed by atoms with Gasteiger partial charge in [0, 0.05) is 19.3 Å². The number of hydrogen-bond acceptors (Lipinski definition) is 11. The molecule has 1 aliphatic heterocycles. The van der Waals surface area contributed by atoms with Crippen molar-refractivity contribution in [1.82, 2.24) is 0 Å². The molecule has 1 saturated heterocycles. The smallest absolute Gasteiger partial charge is 0.335 e. The van der Waals surface area contributed by atoms with Crippen molar-refractivity contribution >= 4 is 23.9 Å². The summed E-state index contributed by atoms with van der Waals surface area (Å²) in [6.07, 6.45) is 61.1. The standard InChI is InChI=1S/C65H98O12/c1-4-7-10-13-16-19-22-25-27-29-31-34-36-39-42-45-48-51-57(66)73-54-56(75-58(67)52-49-46-43-40-37-33-24-21-18-15-12-9-6-3)55-74-65-63(61(70)60(69)62(77-65)64(71)72)76-59(68)53-50-47-44-41-38-35-32-30-28-26-23-20-17-14-11-8-5-2/h7-12,16-21,25-28,31-35,37,41,44,56,60-63,65,69-70H,4-6,13-15,22-24,29-30,36,38-40,42-43,45-55H2,1-3H3,(H,71,72)/b10-7-,11-8-,12-9-,19-16-,20-17-,21-18-,27-25-,28-26-,34-31-,35-32-,37-33-,44-41-. The third-order valence-corrected chi connectivity index (χ3v) is 11.9. The van der Waals surface area contributed by atoms with Gasteiger partial charge < -0.3 is 39.0 Å². The number of carboxylic acids is 1. The molecule has 0 radical (unpaired) electrons. The highest BCUT2D eigenvalue weighted by Gasteiger charge is 2.50. The van der Waals surface area contributed by atoms with E-state index in [0.29, 0.717) is 25.7 Å². The average molecular weight is 1070 g/mol. The van der Waals surface area contributed by atoms with E-state index in [9.17, 15) is 34.5 Å². The van der Waals surface area contributed by atoms with Crippen LogP contribution in [0.3, 0.4) is 0 Å². The first-order valence-electron chi connectivity index (χ1n) is 28.8. The van der Waals surface area contributed by atoms with Gasteiger partial charge in [0.05, 0.1) is 6.61 Å². The summed E-state index contributed by atoms with van der Waals surface area (Å²) in [6.45, 7) is 5.55. The number of hydrogen-bond donors (Lipinski definition) is 3. The summed E-state index contributed by atoms with van der Waals surface area (Å²) in [5.74, 6) is -3.30. The molecule has 6 unspecified atom stereocenters. The van der Waals surface area contributed by atoms with Crippen molar-refractivity contribution in [3.8, 4) is 0 Å². The molecule has 3 N–H and O–H groups in total. The molecule has 12 nitrogen and oxygen atoms in total. The Morgan fingerprint density at radius 3 is 1.22 bits per heavy atom. The molecular weight excluding hydrogens is 973 g/mol. The fourth-order valence-electron chi connectivity index (χ4n) is 7.58. The summed E-state index contributed by atoms with van der Waals surface area (Å²) < 4.78 is 28.3. The van der Waals surface area contributed by atoms with Crippen molar-refractivity contribution in [1.29, 1.82) is 0 Å². The zero-order valence-electron chi connectivity index (χ0n) is 47.1. The first-order valence-corrected chi connectivity index (χ1v) is 28.8. The number of esters is 3. The molecule has 0 spiro atoms. The van der Waals surface area contributed by atoms with Crippen LogP contribution in [0.4, 0.5) is 0 Å². The van der Waals surface area contributed by atoms with Gasteiger partial charge in [0.1, 0.15) is 18.8 Å². The number of aliphatic hydroxyl groups excluding tert-OH is 2. The highest BCUT2D eigenvalue weighted by Crippen LogP contribution is 2.26. The molecule has 0 aromatic heterocycles. The van der Waals surface area contributed by atoms with E-state index < -0.39 is 67.3 Å². The van der Waals surface area contributed by atoms with E-state index in [1.54, 1.807) is 0 Å². The minimum Gasteiger partial charge on any atom is -0.479 e. The number of allylic oxidation sites excluding steroid dienone is 24. The van der Waals surface area contributed by atoms with Crippen LogP contribution in [0.2, 0.25) is 0 Å². The van der Waals surface area contributed by atoms with Gasteiger partial charge in [-0.25, -0.2) is 4.79 Å². The molecule has 0 aliphatic carbocycles. The van der Waals surface area contributed by atoms with Crippen molar-refractivity contribution in [2.24, 2.45) is 0 Å². The number of aliphatic hydroxyl groups is 2. The number of rotatable bonds is 46. The van der Waals surface area contributed by atoms with Gasteiger partial charge >= 0.3 is 23.9 Å². The summed E-state index contributed by atoms with van der Waals surface area (Å²) in [5, 5.41) is 31.5. The van der Waals surface area contributed by atoms with Crippen molar-refractivity contribution in [3.63, 3.8) is 0 Å². The highest BCUT2D eigenvalue weighted by atomic mass is 16.7. The summed E-state index contributed by atoms with van der Waals surface area (Å²) in [5.41, 5.74) is 0. The molecule has 0 bridgehead atoms. The molecule has 1 heterocycles. The van der Waals surface area contributed by atoms with Crippen molar-refractivity contribution in [2.45, 2.75) is 225 Å². The maximum atomic E-state index is 13.1. The first-order chi connectivity index (χ1) is 37.6. The van der Waals surface area contributed by atoms with Gasteiger partial charge in [-0.3, -0.25) is 14.4 Å². The Balaban J connectivity index is 2.77. The quantitative estimate of drug-likeness (QED) is 0.0228. The van der Waals surface area contributed by atoms with Crippen LogP contribution >= 0.6 is 0 Å². The first kappa shape index (κ1) is 69.6. The predicted molar refractivity (Wildman–Crippen MR) is 312 cm³/mol. The monoisotopic (exact) mass is 1070 g/mol. The SMILES string of the molecule is CC/C=C\C/C=C\C/C=C\C/C=C\C/C=C\CCCC(=O)OC1C(OCC(COC(=O)CCCCCC/C=C\C/C=C\C/C=C\C/C=C\CC)OC(=O)CCCCC/C=C\C/C=C\C/C=C\CC)OC(C(=O)O)C(O)C1O. The molecule has 430 valence electrons. The minimum atomic E-state index is -1.94. The molecule has 0 aromatic carbocycles. The Hall–Kier alpha value is -5.40. The van der Waals surface area contributed by atoms with Crippen LogP contribution in [0, 0.1) is 0 Å². The van der Waals surface area contributed by atoms with Crippen molar-refractivity contribution < 1.29 is 58.2 Å². The summed E-state index contributed by atoms with van der Waals surface area (Å²) in [7, 11) is 0.